The second-order valence-electron chi connectivity index (χ2n) is 6.50. The SMILES string of the molecule is O=C(Cn1cnc2cc(F)ccc2c1=O)NC(=O)NCCC1=CCCCC1. The van der Waals surface area contributed by atoms with Gasteiger partial charge in [0.2, 0.25) is 5.91 Å². The van der Waals surface area contributed by atoms with Crippen molar-refractivity contribution in [1.82, 2.24) is 20.2 Å². The van der Waals surface area contributed by atoms with Gasteiger partial charge in [0.25, 0.3) is 5.56 Å². The summed E-state index contributed by atoms with van der Waals surface area (Å²) >= 11 is 0. The van der Waals surface area contributed by atoms with Gasteiger partial charge >= 0.3 is 6.03 Å². The highest BCUT2D eigenvalue weighted by Crippen LogP contribution is 2.19. The maximum absolute atomic E-state index is 13.2. The third kappa shape index (κ3) is 4.99. The first-order valence-corrected chi connectivity index (χ1v) is 8.93. The minimum atomic E-state index is -0.630. The summed E-state index contributed by atoms with van der Waals surface area (Å²) in [5.41, 5.74) is 1.07. The lowest BCUT2D eigenvalue weighted by molar-refractivity contribution is -0.120. The summed E-state index contributed by atoms with van der Waals surface area (Å²) in [6.07, 6.45) is 8.68. The molecule has 0 radical (unpaired) electrons. The predicted molar refractivity (Wildman–Crippen MR) is 98.7 cm³/mol. The number of hydrogen-bond acceptors (Lipinski definition) is 4. The number of amides is 3. The summed E-state index contributed by atoms with van der Waals surface area (Å²) < 4.78 is 14.3. The topological polar surface area (TPSA) is 93.1 Å². The molecule has 3 rings (SSSR count). The van der Waals surface area contributed by atoms with Crippen molar-refractivity contribution < 1.29 is 14.0 Å². The molecule has 0 unspecified atom stereocenters. The van der Waals surface area contributed by atoms with Gasteiger partial charge in [-0.05, 0) is 44.2 Å². The van der Waals surface area contributed by atoms with E-state index in [2.05, 4.69) is 21.7 Å². The molecule has 8 heteroatoms. The first-order chi connectivity index (χ1) is 13.0. The number of urea groups is 1. The molecule has 1 aliphatic carbocycles. The Hall–Kier alpha value is -3.03. The largest absolute Gasteiger partial charge is 0.337 e. The van der Waals surface area contributed by atoms with Crippen molar-refractivity contribution in [2.24, 2.45) is 0 Å². The normalized spacial score (nSPS) is 13.9. The fourth-order valence-electron chi connectivity index (χ4n) is 3.08. The number of benzene rings is 1. The zero-order valence-electron chi connectivity index (χ0n) is 14.8. The second-order valence-corrected chi connectivity index (χ2v) is 6.50. The molecule has 27 heavy (non-hydrogen) atoms. The molecule has 0 aliphatic heterocycles. The van der Waals surface area contributed by atoms with Gasteiger partial charge in [-0.2, -0.15) is 0 Å². The molecule has 142 valence electrons. The number of rotatable bonds is 5. The van der Waals surface area contributed by atoms with Crippen molar-refractivity contribution in [2.45, 2.75) is 38.6 Å². The lowest BCUT2D eigenvalue weighted by Crippen LogP contribution is -2.42. The molecule has 0 atom stereocenters. The molecule has 1 aliphatic rings. The number of hydrogen-bond donors (Lipinski definition) is 2. The number of aromatic nitrogens is 2. The van der Waals surface area contributed by atoms with Crippen LogP contribution in [0.1, 0.15) is 32.1 Å². The van der Waals surface area contributed by atoms with Gasteiger partial charge in [-0.1, -0.05) is 11.6 Å². The van der Waals surface area contributed by atoms with E-state index in [0.29, 0.717) is 6.54 Å². The summed E-state index contributed by atoms with van der Waals surface area (Å²) in [5.74, 6) is -1.12. The smallest absolute Gasteiger partial charge is 0.321 e. The third-order valence-corrected chi connectivity index (χ3v) is 4.47. The Balaban J connectivity index is 1.52. The molecule has 2 aromatic rings. The molecule has 1 aromatic carbocycles. The van der Waals surface area contributed by atoms with Crippen LogP contribution in [0.2, 0.25) is 0 Å². The van der Waals surface area contributed by atoms with Crippen molar-refractivity contribution in [1.29, 1.82) is 0 Å². The van der Waals surface area contributed by atoms with E-state index < -0.39 is 23.3 Å². The van der Waals surface area contributed by atoms with E-state index in [1.54, 1.807) is 0 Å². The zero-order chi connectivity index (χ0) is 19.2. The van der Waals surface area contributed by atoms with Crippen molar-refractivity contribution in [3.05, 3.63) is 52.3 Å². The Morgan fingerprint density at radius 1 is 1.26 bits per heavy atom. The Bertz CT molecular complexity index is 952. The van der Waals surface area contributed by atoms with Gasteiger partial charge in [0.15, 0.2) is 0 Å². The number of nitrogens with zero attached hydrogens (tertiary/aromatic N) is 2. The maximum atomic E-state index is 13.2. The molecule has 1 heterocycles. The van der Waals surface area contributed by atoms with E-state index >= 15 is 0 Å². The molecular formula is C19H21FN4O3. The van der Waals surface area contributed by atoms with Gasteiger partial charge < -0.3 is 5.32 Å². The fourth-order valence-corrected chi connectivity index (χ4v) is 3.08. The minimum Gasteiger partial charge on any atom is -0.337 e. The highest BCUT2D eigenvalue weighted by molar-refractivity contribution is 5.94. The molecule has 3 amide bonds. The summed E-state index contributed by atoms with van der Waals surface area (Å²) in [7, 11) is 0. The number of fused-ring (bicyclic) bond motifs is 1. The fraction of sp³-hybridized carbons (Fsp3) is 0.368. The van der Waals surface area contributed by atoms with Crippen LogP contribution in [0.3, 0.4) is 0 Å². The van der Waals surface area contributed by atoms with E-state index in [1.165, 1.54) is 24.5 Å². The number of carbonyl (C=O) groups is 2. The Morgan fingerprint density at radius 2 is 2.11 bits per heavy atom. The summed E-state index contributed by atoms with van der Waals surface area (Å²) in [6.45, 7) is 0.103. The van der Waals surface area contributed by atoms with E-state index in [4.69, 9.17) is 0 Å². The quantitative estimate of drug-likeness (QED) is 0.788. The van der Waals surface area contributed by atoms with Crippen LogP contribution < -0.4 is 16.2 Å². The van der Waals surface area contributed by atoms with Gasteiger partial charge in [0.1, 0.15) is 12.4 Å². The molecule has 2 N–H and O–H groups in total. The molecule has 1 aromatic heterocycles. The average molecular weight is 372 g/mol. The summed E-state index contributed by atoms with van der Waals surface area (Å²) in [6, 6.07) is 3.03. The Kier molecular flexibility index (Phi) is 5.95. The number of imide groups is 1. The van der Waals surface area contributed by atoms with Gasteiger partial charge in [0, 0.05) is 12.6 Å². The van der Waals surface area contributed by atoms with Crippen molar-refractivity contribution in [2.75, 3.05) is 6.54 Å². The Morgan fingerprint density at radius 3 is 2.89 bits per heavy atom. The van der Waals surface area contributed by atoms with Crippen LogP contribution in [0.15, 0.2) is 41.0 Å². The van der Waals surface area contributed by atoms with Gasteiger partial charge in [-0.25, -0.2) is 14.2 Å². The molecule has 7 nitrogen and oxygen atoms in total. The lowest BCUT2D eigenvalue weighted by Gasteiger charge is -2.13. The summed E-state index contributed by atoms with van der Waals surface area (Å²) in [5, 5.41) is 5.04. The third-order valence-electron chi connectivity index (χ3n) is 4.47. The predicted octanol–water partition coefficient (Wildman–Crippen LogP) is 2.25. The molecule has 0 fully saturated rings. The second kappa shape index (κ2) is 8.57. The highest BCUT2D eigenvalue weighted by atomic mass is 19.1. The zero-order valence-corrected chi connectivity index (χ0v) is 14.8. The van der Waals surface area contributed by atoms with E-state index in [0.717, 1.165) is 42.3 Å². The highest BCUT2D eigenvalue weighted by Gasteiger charge is 2.12. The number of halogens is 1. The molecule has 0 saturated carbocycles. The van der Waals surface area contributed by atoms with Gasteiger partial charge in [-0.3, -0.25) is 19.5 Å². The molecular weight excluding hydrogens is 351 g/mol. The molecule has 0 spiro atoms. The van der Waals surface area contributed by atoms with Crippen LogP contribution in [0.25, 0.3) is 10.9 Å². The first kappa shape index (κ1) is 18.8. The van der Waals surface area contributed by atoms with Crippen LogP contribution in [-0.4, -0.2) is 28.0 Å². The first-order valence-electron chi connectivity index (χ1n) is 8.93. The van der Waals surface area contributed by atoms with Crippen molar-refractivity contribution in [3.8, 4) is 0 Å². The van der Waals surface area contributed by atoms with Crippen molar-refractivity contribution >= 4 is 22.8 Å². The van der Waals surface area contributed by atoms with Crippen LogP contribution in [-0.2, 0) is 11.3 Å². The van der Waals surface area contributed by atoms with Gasteiger partial charge in [-0.15, -0.1) is 0 Å². The number of allylic oxidation sites excluding steroid dienone is 1. The molecule has 0 bridgehead atoms. The van der Waals surface area contributed by atoms with E-state index in [1.807, 2.05) is 0 Å². The monoisotopic (exact) mass is 372 g/mol. The number of carbonyl (C=O) groups excluding carboxylic acids is 2. The standard InChI is InChI=1S/C19H21FN4O3/c20-14-6-7-15-16(10-14)22-12-24(18(15)26)11-17(25)23-19(27)21-9-8-13-4-2-1-3-5-13/h4,6-7,10,12H,1-3,5,8-9,11H2,(H2,21,23,25,27). The Labute approximate surface area is 155 Å². The maximum Gasteiger partial charge on any atom is 0.321 e. The van der Waals surface area contributed by atoms with Crippen LogP contribution in [0.4, 0.5) is 9.18 Å². The molecule has 0 saturated heterocycles. The lowest BCUT2D eigenvalue weighted by atomic mass is 9.97. The minimum absolute atomic E-state index is 0.205. The van der Waals surface area contributed by atoms with Crippen LogP contribution in [0, 0.1) is 5.82 Å². The van der Waals surface area contributed by atoms with Crippen LogP contribution in [0.5, 0.6) is 0 Å². The average Bonchev–Trinajstić information content (AvgIpc) is 2.65. The van der Waals surface area contributed by atoms with Crippen LogP contribution >= 0.6 is 0 Å². The van der Waals surface area contributed by atoms with Crippen molar-refractivity contribution in [3.63, 3.8) is 0 Å². The number of nitrogens with one attached hydrogen (secondary N) is 2. The van der Waals surface area contributed by atoms with Gasteiger partial charge in [0.05, 0.1) is 17.2 Å². The van der Waals surface area contributed by atoms with E-state index in [9.17, 15) is 18.8 Å². The van der Waals surface area contributed by atoms with E-state index in [-0.39, 0.29) is 17.4 Å². The summed E-state index contributed by atoms with van der Waals surface area (Å²) in [4.78, 5) is 40.1.